The Morgan fingerprint density at radius 3 is 1.00 bits per heavy atom. The van der Waals surface area contributed by atoms with Gasteiger partial charge in [0.05, 0.1) is 0 Å². The zero-order valence-corrected chi connectivity index (χ0v) is 32.0. The molecule has 0 amide bonds. The van der Waals surface area contributed by atoms with Crippen LogP contribution in [0.3, 0.4) is 0 Å². The van der Waals surface area contributed by atoms with Gasteiger partial charge in [0.25, 0.3) is 0 Å². The van der Waals surface area contributed by atoms with Gasteiger partial charge in [-0.15, -0.1) is 0 Å². The Kier molecular flexibility index (Phi) is 46.0. The second-order valence-corrected chi connectivity index (χ2v) is 13.1. The number of hydrogen-bond acceptors (Lipinski definition) is 6. The molecule has 45 heavy (non-hydrogen) atoms. The highest BCUT2D eigenvalue weighted by Gasteiger charge is 2.10. The van der Waals surface area contributed by atoms with Gasteiger partial charge in [-0.2, -0.15) is 0 Å². The van der Waals surface area contributed by atoms with Crippen LogP contribution in [0.4, 0.5) is 0 Å². The number of carbonyl (C=O) groups excluding carboxylic acids is 5. The molecule has 268 valence electrons. The molecule has 1 unspecified atom stereocenters. The van der Waals surface area contributed by atoms with E-state index in [1.54, 1.807) is 61.5 Å². The molecule has 1 atom stereocenters. The van der Waals surface area contributed by atoms with E-state index in [4.69, 9.17) is 5.11 Å². The lowest BCUT2D eigenvalue weighted by Crippen LogP contribution is -2.12. The summed E-state index contributed by atoms with van der Waals surface area (Å²) in [7, 11) is 0. The number of allylic oxidation sites excluding steroid dienone is 3. The minimum absolute atomic E-state index is 0. The molecule has 7 heteroatoms. The fraction of sp³-hybridized carbons (Fsp3) is 0.737. The molecule has 0 spiro atoms. The third kappa shape index (κ3) is 69.5. The van der Waals surface area contributed by atoms with Crippen molar-refractivity contribution >= 4 is 34.9 Å². The molecule has 0 aromatic carbocycles. The van der Waals surface area contributed by atoms with E-state index in [0.29, 0.717) is 34.9 Å². The van der Waals surface area contributed by atoms with Crippen molar-refractivity contribution in [2.24, 2.45) is 29.6 Å². The molecule has 0 rings (SSSR count). The van der Waals surface area contributed by atoms with Crippen LogP contribution in [0.5, 0.6) is 0 Å². The van der Waals surface area contributed by atoms with Gasteiger partial charge in [0, 0.05) is 30.3 Å². The molecule has 0 radical (unpaired) electrons. The normalized spacial score (nSPS) is 9.76. The van der Waals surface area contributed by atoms with Gasteiger partial charge in [-0.05, 0) is 99.5 Å². The minimum Gasteiger partial charge on any atom is -0.478 e. The second kappa shape index (κ2) is 35.8. The van der Waals surface area contributed by atoms with E-state index in [9.17, 15) is 28.8 Å². The summed E-state index contributed by atoms with van der Waals surface area (Å²) in [5.41, 5.74) is 2.36. The molecule has 0 aliphatic heterocycles. The van der Waals surface area contributed by atoms with E-state index in [1.807, 2.05) is 48.5 Å². The van der Waals surface area contributed by atoms with Crippen LogP contribution in [0.1, 0.15) is 158 Å². The maximum Gasteiger partial charge on any atom is 0.331 e. The zero-order chi connectivity index (χ0) is 36.9. The molecule has 0 heterocycles. The van der Waals surface area contributed by atoms with Gasteiger partial charge in [0.15, 0.2) is 5.78 Å². The van der Waals surface area contributed by atoms with Crippen molar-refractivity contribution in [3.8, 4) is 0 Å². The highest BCUT2D eigenvalue weighted by molar-refractivity contribution is 5.87. The van der Waals surface area contributed by atoms with Crippen molar-refractivity contribution in [3.05, 3.63) is 22.8 Å². The van der Waals surface area contributed by atoms with Crippen LogP contribution in [-0.4, -0.2) is 40.0 Å². The minimum atomic E-state index is -0.829. The van der Waals surface area contributed by atoms with Crippen molar-refractivity contribution in [3.63, 3.8) is 0 Å². The van der Waals surface area contributed by atoms with Crippen molar-refractivity contribution in [1.82, 2.24) is 0 Å². The Bertz CT molecular complexity index is 878. The quantitative estimate of drug-likeness (QED) is 0.235. The first-order valence-electron chi connectivity index (χ1n) is 15.7. The molecule has 0 saturated heterocycles. The van der Waals surface area contributed by atoms with Crippen molar-refractivity contribution in [2.75, 3.05) is 0 Å². The lowest BCUT2D eigenvalue weighted by Gasteiger charge is -2.09. The first-order chi connectivity index (χ1) is 19.6. The van der Waals surface area contributed by atoms with Crippen LogP contribution in [-0.2, 0) is 28.8 Å². The van der Waals surface area contributed by atoms with Gasteiger partial charge in [-0.1, -0.05) is 80.9 Å². The Labute approximate surface area is 279 Å². The van der Waals surface area contributed by atoms with Crippen LogP contribution in [0.15, 0.2) is 22.8 Å². The molecule has 0 aliphatic rings. The number of carboxylic acid groups (broad SMARTS) is 1. The van der Waals surface area contributed by atoms with Crippen molar-refractivity contribution in [1.29, 1.82) is 0 Å². The molecule has 1 N–H and O–H groups in total. The zero-order valence-electron chi connectivity index (χ0n) is 32.0. The van der Waals surface area contributed by atoms with E-state index >= 15 is 0 Å². The Balaban J connectivity index is -0.0000000769. The number of carboxylic acids is 1. The fourth-order valence-electron chi connectivity index (χ4n) is 2.16. The van der Waals surface area contributed by atoms with Crippen molar-refractivity contribution in [2.45, 2.75) is 158 Å². The van der Waals surface area contributed by atoms with E-state index in [1.165, 1.54) is 0 Å². The summed E-state index contributed by atoms with van der Waals surface area (Å²) in [6, 6.07) is 0. The van der Waals surface area contributed by atoms with E-state index < -0.39 is 5.97 Å². The average Bonchev–Trinajstić information content (AvgIpc) is 2.81. The lowest BCUT2D eigenvalue weighted by atomic mass is 9.95. The van der Waals surface area contributed by atoms with Crippen LogP contribution in [0.2, 0.25) is 0 Å². The molecule has 0 aliphatic carbocycles. The summed E-state index contributed by atoms with van der Waals surface area (Å²) in [4.78, 5) is 61.6. The van der Waals surface area contributed by atoms with Crippen molar-refractivity contribution < 1.29 is 33.9 Å². The van der Waals surface area contributed by atoms with E-state index in [2.05, 4.69) is 27.7 Å². The largest absolute Gasteiger partial charge is 0.478 e. The Morgan fingerprint density at radius 1 is 0.600 bits per heavy atom. The highest BCUT2D eigenvalue weighted by atomic mass is 16.4. The van der Waals surface area contributed by atoms with Gasteiger partial charge >= 0.3 is 5.97 Å². The van der Waals surface area contributed by atoms with Gasteiger partial charge in [0.2, 0.25) is 0 Å². The number of carbonyl (C=O) groups is 6. The molecule has 7 nitrogen and oxygen atoms in total. The predicted molar refractivity (Wildman–Crippen MR) is 194 cm³/mol. The Hall–Kier alpha value is -2.70. The maximum absolute atomic E-state index is 10.6. The molecule has 0 bridgehead atoms. The number of hydrogen-bond donors (Lipinski definition) is 1. The first-order valence-corrected chi connectivity index (χ1v) is 15.7. The number of Topliss-reactive ketones (excluding diaryl/α,β-unsaturated/α-hetero) is 4. The average molecular weight is 643 g/mol. The first kappa shape index (κ1) is 57.9. The van der Waals surface area contributed by atoms with E-state index in [0.717, 1.165) is 30.4 Å². The fourth-order valence-corrected chi connectivity index (χ4v) is 2.16. The monoisotopic (exact) mass is 643 g/mol. The lowest BCUT2D eigenvalue weighted by molar-refractivity contribution is -0.132. The number of aliphatic carboxylic acids is 1. The highest BCUT2D eigenvalue weighted by Crippen LogP contribution is 2.09. The molecular weight excluding hydrogens is 568 g/mol. The summed E-state index contributed by atoms with van der Waals surface area (Å²) >= 11 is 0. The SMILES string of the molecule is C.CC(=O)C(C)C.CC(=O)C(C)C(C)C.CC(=O)C=C(C)C.CC(=O)CC(C)C.CC(=O)CCC(C)C.CC(C)=C(C)C(=O)O. The number of ketones is 5. The third-order valence-electron chi connectivity index (χ3n) is 5.79. The van der Waals surface area contributed by atoms with Crippen LogP contribution in [0, 0.1) is 29.6 Å². The standard InChI is InChI=1S/2C7H14O.C6H10O2.C6H12O.C6H10O.C5H10O.CH4/c1-6(2)4-5-7(3)8;1-5(2)6(3)7(4)8;1-4(2)5(3)6(7)8;2*1-5(2)4-6(3)7;1-4(2)5(3)6;/h6H,4-5H2,1-3H3;5-6H,1-4H3;1-3H3,(H,7,8);5H,4H2,1-3H3;4H,1-3H3;4H,1-3H3;1H4. The topological polar surface area (TPSA) is 123 Å². The maximum atomic E-state index is 10.6. The molecule has 0 aromatic rings. The molecule has 0 saturated carbocycles. The predicted octanol–water partition coefficient (Wildman–Crippen LogP) is 10.3. The van der Waals surface area contributed by atoms with Gasteiger partial charge in [0.1, 0.15) is 23.1 Å². The molecular formula is C38H74O7. The summed E-state index contributed by atoms with van der Waals surface area (Å²) in [6.45, 7) is 35.2. The summed E-state index contributed by atoms with van der Waals surface area (Å²) < 4.78 is 0. The molecule has 0 fully saturated rings. The summed E-state index contributed by atoms with van der Waals surface area (Å²) in [5.74, 6) is 2.57. The van der Waals surface area contributed by atoms with E-state index in [-0.39, 0.29) is 36.6 Å². The smallest absolute Gasteiger partial charge is 0.331 e. The van der Waals surface area contributed by atoms with Gasteiger partial charge < -0.3 is 14.7 Å². The summed E-state index contributed by atoms with van der Waals surface area (Å²) in [6.07, 6.45) is 4.12. The third-order valence-corrected chi connectivity index (χ3v) is 5.79. The number of rotatable bonds is 10. The van der Waals surface area contributed by atoms with Crippen LogP contribution >= 0.6 is 0 Å². The van der Waals surface area contributed by atoms with Crippen LogP contribution in [0.25, 0.3) is 0 Å². The van der Waals surface area contributed by atoms with Crippen LogP contribution < -0.4 is 0 Å². The van der Waals surface area contributed by atoms with Gasteiger partial charge in [-0.3, -0.25) is 14.4 Å². The second-order valence-electron chi connectivity index (χ2n) is 13.1. The summed E-state index contributed by atoms with van der Waals surface area (Å²) in [5, 5.41) is 8.29. The van der Waals surface area contributed by atoms with Gasteiger partial charge in [-0.25, -0.2) is 4.79 Å². The Morgan fingerprint density at radius 2 is 0.978 bits per heavy atom. The molecule has 0 aromatic heterocycles.